The summed E-state index contributed by atoms with van der Waals surface area (Å²) in [6.07, 6.45) is 3.82. The van der Waals surface area contributed by atoms with E-state index in [1.54, 1.807) is 6.08 Å². The number of likely N-dealkylation sites (tertiary alicyclic amines) is 1. The average molecular weight is 150 g/mol. The lowest BCUT2D eigenvalue weighted by Crippen LogP contribution is -2.34. The van der Waals surface area contributed by atoms with Gasteiger partial charge in [-0.05, 0) is 26.8 Å². The third-order valence-electron chi connectivity index (χ3n) is 2.36. The van der Waals surface area contributed by atoms with Gasteiger partial charge in [0.15, 0.2) is 0 Å². The molecule has 0 aromatic heterocycles. The van der Waals surface area contributed by atoms with Gasteiger partial charge in [0.2, 0.25) is 0 Å². The quantitative estimate of drug-likeness (QED) is 0.490. The number of hydrogen-bond donors (Lipinski definition) is 0. The van der Waals surface area contributed by atoms with Crippen molar-refractivity contribution in [3.05, 3.63) is 11.6 Å². The summed E-state index contributed by atoms with van der Waals surface area (Å²) in [5.41, 5.74) is 1.30. The van der Waals surface area contributed by atoms with Gasteiger partial charge in [0, 0.05) is 18.7 Å². The van der Waals surface area contributed by atoms with Crippen LogP contribution in [0.25, 0.3) is 0 Å². The molecule has 1 atom stereocenters. The summed E-state index contributed by atoms with van der Waals surface area (Å²) in [6, 6.07) is 2.69. The van der Waals surface area contributed by atoms with Gasteiger partial charge in [-0.2, -0.15) is 5.26 Å². The largest absolute Gasteiger partial charge is 0.303 e. The smallest absolute Gasteiger partial charge is 0.0911 e. The van der Waals surface area contributed by atoms with Crippen molar-refractivity contribution >= 4 is 0 Å². The molecule has 0 amide bonds. The molecule has 0 spiro atoms. The minimum atomic E-state index is 0.600. The molecule has 1 heterocycles. The predicted octanol–water partition coefficient (Wildman–Crippen LogP) is 1.55. The second-order valence-electron chi connectivity index (χ2n) is 3.22. The molecule has 2 nitrogen and oxygen atoms in total. The van der Waals surface area contributed by atoms with Crippen LogP contribution in [0.2, 0.25) is 0 Å². The lowest BCUT2D eigenvalue weighted by molar-refractivity contribution is 0.231. The molecule has 1 fully saturated rings. The molecule has 0 aromatic rings. The number of hydrogen-bond acceptors (Lipinski definition) is 2. The molecular formula is C9H14N2. The second-order valence-corrected chi connectivity index (χ2v) is 3.22. The van der Waals surface area contributed by atoms with Crippen molar-refractivity contribution in [1.29, 1.82) is 5.26 Å². The van der Waals surface area contributed by atoms with E-state index in [1.165, 1.54) is 5.57 Å². The van der Waals surface area contributed by atoms with E-state index in [2.05, 4.69) is 24.9 Å². The molecule has 1 aliphatic rings. The Morgan fingerprint density at radius 1 is 1.73 bits per heavy atom. The fraction of sp³-hybridized carbons (Fsp3) is 0.667. The molecule has 0 bridgehead atoms. The molecule has 0 N–H and O–H groups in total. The summed E-state index contributed by atoms with van der Waals surface area (Å²) in [7, 11) is 2.13. The number of nitrogens with zero attached hydrogens (tertiary/aromatic N) is 2. The highest BCUT2D eigenvalue weighted by molar-refractivity contribution is 5.16. The van der Waals surface area contributed by atoms with Gasteiger partial charge in [0.25, 0.3) is 0 Å². The summed E-state index contributed by atoms with van der Waals surface area (Å²) in [5.74, 6) is 0. The normalized spacial score (nSPS) is 30.3. The first kappa shape index (κ1) is 8.29. The minimum absolute atomic E-state index is 0.600. The highest BCUT2D eigenvalue weighted by Gasteiger charge is 2.16. The summed E-state index contributed by atoms with van der Waals surface area (Å²) in [5, 5.41) is 8.43. The Kier molecular flexibility index (Phi) is 2.67. The SMILES string of the molecule is CC1C/C(=C\C#N)CCN1C. The van der Waals surface area contributed by atoms with Gasteiger partial charge < -0.3 is 4.90 Å². The van der Waals surface area contributed by atoms with Crippen LogP contribution in [0.4, 0.5) is 0 Å². The first-order valence-electron chi connectivity index (χ1n) is 4.02. The zero-order valence-corrected chi connectivity index (χ0v) is 7.17. The molecule has 0 saturated carbocycles. The van der Waals surface area contributed by atoms with E-state index in [0.717, 1.165) is 19.4 Å². The number of rotatable bonds is 0. The maximum absolute atomic E-state index is 8.43. The topological polar surface area (TPSA) is 27.0 Å². The minimum Gasteiger partial charge on any atom is -0.303 e. The van der Waals surface area contributed by atoms with Crippen molar-refractivity contribution in [2.75, 3.05) is 13.6 Å². The second kappa shape index (κ2) is 3.54. The van der Waals surface area contributed by atoms with Gasteiger partial charge in [0.1, 0.15) is 0 Å². The van der Waals surface area contributed by atoms with Crippen LogP contribution in [0, 0.1) is 11.3 Å². The van der Waals surface area contributed by atoms with Crippen LogP contribution in [0.15, 0.2) is 11.6 Å². The molecule has 1 aliphatic heterocycles. The van der Waals surface area contributed by atoms with Crippen molar-refractivity contribution in [3.63, 3.8) is 0 Å². The maximum atomic E-state index is 8.43. The van der Waals surface area contributed by atoms with Crippen LogP contribution in [-0.2, 0) is 0 Å². The molecule has 11 heavy (non-hydrogen) atoms. The fourth-order valence-corrected chi connectivity index (χ4v) is 1.40. The van der Waals surface area contributed by atoms with E-state index in [9.17, 15) is 0 Å². The van der Waals surface area contributed by atoms with Gasteiger partial charge in [0.05, 0.1) is 6.07 Å². The van der Waals surface area contributed by atoms with Gasteiger partial charge >= 0.3 is 0 Å². The molecule has 2 heteroatoms. The van der Waals surface area contributed by atoms with Gasteiger partial charge in [-0.1, -0.05) is 5.57 Å². The van der Waals surface area contributed by atoms with Crippen LogP contribution in [-0.4, -0.2) is 24.5 Å². The van der Waals surface area contributed by atoms with Gasteiger partial charge in [-0.3, -0.25) is 0 Å². The van der Waals surface area contributed by atoms with Crippen molar-refractivity contribution in [1.82, 2.24) is 4.90 Å². The van der Waals surface area contributed by atoms with Crippen molar-refractivity contribution in [2.24, 2.45) is 0 Å². The van der Waals surface area contributed by atoms with E-state index in [4.69, 9.17) is 5.26 Å². The highest BCUT2D eigenvalue weighted by Crippen LogP contribution is 2.19. The Balaban J connectivity index is 2.54. The fourth-order valence-electron chi connectivity index (χ4n) is 1.40. The van der Waals surface area contributed by atoms with Crippen LogP contribution in [0.5, 0.6) is 0 Å². The maximum Gasteiger partial charge on any atom is 0.0911 e. The van der Waals surface area contributed by atoms with Crippen molar-refractivity contribution < 1.29 is 0 Å². The van der Waals surface area contributed by atoms with Crippen molar-refractivity contribution in [2.45, 2.75) is 25.8 Å². The van der Waals surface area contributed by atoms with E-state index in [1.807, 2.05) is 0 Å². The standard InChI is InChI=1S/C9H14N2/c1-8-7-9(3-5-10)4-6-11(8)2/h3,8H,4,6-7H2,1-2H3/b9-3-. The molecule has 0 radical (unpaired) electrons. The van der Waals surface area contributed by atoms with E-state index in [0.29, 0.717) is 6.04 Å². The van der Waals surface area contributed by atoms with Gasteiger partial charge in [-0.15, -0.1) is 0 Å². The predicted molar refractivity (Wildman–Crippen MR) is 45.0 cm³/mol. The number of allylic oxidation sites excluding steroid dienone is 1. The molecule has 1 rings (SSSR count). The summed E-state index contributed by atoms with van der Waals surface area (Å²) in [4.78, 5) is 2.33. The molecular weight excluding hydrogens is 136 g/mol. The molecule has 0 aliphatic carbocycles. The zero-order chi connectivity index (χ0) is 8.27. The Morgan fingerprint density at radius 2 is 2.45 bits per heavy atom. The van der Waals surface area contributed by atoms with Crippen LogP contribution in [0.1, 0.15) is 19.8 Å². The third kappa shape index (κ3) is 2.06. The first-order valence-corrected chi connectivity index (χ1v) is 4.02. The Hall–Kier alpha value is -0.810. The van der Waals surface area contributed by atoms with E-state index in [-0.39, 0.29) is 0 Å². The lowest BCUT2D eigenvalue weighted by atomic mass is 9.98. The third-order valence-corrected chi connectivity index (χ3v) is 2.36. The molecule has 0 aromatic carbocycles. The Morgan fingerprint density at radius 3 is 3.00 bits per heavy atom. The summed E-state index contributed by atoms with van der Waals surface area (Å²) < 4.78 is 0. The van der Waals surface area contributed by atoms with Crippen LogP contribution in [0.3, 0.4) is 0 Å². The number of nitriles is 1. The summed E-state index contributed by atoms with van der Waals surface area (Å²) in [6.45, 7) is 3.29. The average Bonchev–Trinajstić information content (AvgIpc) is 1.98. The highest BCUT2D eigenvalue weighted by atomic mass is 15.1. The molecule has 1 unspecified atom stereocenters. The van der Waals surface area contributed by atoms with E-state index >= 15 is 0 Å². The number of piperidine rings is 1. The van der Waals surface area contributed by atoms with Crippen molar-refractivity contribution in [3.8, 4) is 6.07 Å². The summed E-state index contributed by atoms with van der Waals surface area (Å²) >= 11 is 0. The Labute approximate surface area is 68.1 Å². The van der Waals surface area contributed by atoms with Crippen LogP contribution < -0.4 is 0 Å². The first-order chi connectivity index (χ1) is 5.24. The van der Waals surface area contributed by atoms with E-state index < -0.39 is 0 Å². The molecule has 60 valence electrons. The molecule has 1 saturated heterocycles. The van der Waals surface area contributed by atoms with Gasteiger partial charge in [-0.25, -0.2) is 0 Å². The van der Waals surface area contributed by atoms with Crippen LogP contribution >= 0.6 is 0 Å². The Bertz CT molecular complexity index is 200. The lowest BCUT2D eigenvalue weighted by Gasteiger charge is -2.30. The zero-order valence-electron chi connectivity index (χ0n) is 7.17. The monoisotopic (exact) mass is 150 g/mol.